The highest BCUT2D eigenvalue weighted by atomic mass is 16.6. The van der Waals surface area contributed by atoms with Crippen molar-refractivity contribution in [2.75, 3.05) is 78.4 Å². The molecule has 1 aromatic heterocycles. The van der Waals surface area contributed by atoms with Crippen LogP contribution in [-0.2, 0) is 36.7 Å². The van der Waals surface area contributed by atoms with Crippen molar-refractivity contribution in [3.8, 4) is 0 Å². The van der Waals surface area contributed by atoms with Crippen molar-refractivity contribution in [3.63, 3.8) is 0 Å². The molecule has 2 aromatic carbocycles. The van der Waals surface area contributed by atoms with Crippen LogP contribution in [0.25, 0.3) is 11.1 Å². The standard InChI is InChI=1S/C42H55N7O9/c1-27-22-28(23-34-38(27)44-41(54)57-34)24-35(58-42(55)48-19-13-32(14-20-48)49-21-12-31-6-4-5-7-33(31)43-40(49)53)39(52)47-17-10-30(11-18-47)29-8-15-46(16-9-29)25-37(51)56-26-36(50)45(2)3/h4-7,22-23,29-30,32,35H,8-21,24-26H2,1-3H3,(H,43,53)(H,44,54)/t35-/m1/s1. The van der Waals surface area contributed by atoms with E-state index < -0.39 is 23.9 Å². The number of aromatic nitrogens is 1. The van der Waals surface area contributed by atoms with E-state index in [1.165, 1.54) is 4.90 Å². The monoisotopic (exact) mass is 801 g/mol. The number of hydrogen-bond donors (Lipinski definition) is 2. The number of fused-ring (bicyclic) bond motifs is 2. The van der Waals surface area contributed by atoms with Gasteiger partial charge in [-0.3, -0.25) is 24.3 Å². The number of oxazole rings is 1. The number of nitrogens with zero attached hydrogens (tertiary/aromatic N) is 5. The molecule has 3 fully saturated rings. The lowest BCUT2D eigenvalue weighted by atomic mass is 9.78. The number of aryl methyl sites for hydroxylation is 1. The van der Waals surface area contributed by atoms with Gasteiger partial charge in [0.1, 0.15) is 0 Å². The Morgan fingerprint density at radius 3 is 2.26 bits per heavy atom. The van der Waals surface area contributed by atoms with Gasteiger partial charge < -0.3 is 38.8 Å². The number of nitrogens with one attached hydrogen (secondary N) is 2. The van der Waals surface area contributed by atoms with E-state index in [-0.39, 0.29) is 43.5 Å². The Kier molecular flexibility index (Phi) is 12.7. The minimum atomic E-state index is -1.09. The van der Waals surface area contributed by atoms with E-state index in [1.807, 2.05) is 42.2 Å². The van der Waals surface area contributed by atoms with Crippen LogP contribution in [0.3, 0.4) is 0 Å². The zero-order valence-corrected chi connectivity index (χ0v) is 33.7. The van der Waals surface area contributed by atoms with Crippen molar-refractivity contribution in [1.29, 1.82) is 0 Å². The van der Waals surface area contributed by atoms with Gasteiger partial charge in [-0.05, 0) is 106 Å². The molecular formula is C42H55N7O9. The molecule has 4 aliphatic heterocycles. The zero-order valence-electron chi connectivity index (χ0n) is 33.7. The number of urea groups is 1. The van der Waals surface area contributed by atoms with Crippen molar-refractivity contribution in [2.45, 2.75) is 70.4 Å². The molecule has 0 spiro atoms. The molecule has 312 valence electrons. The number of amides is 5. The maximum atomic E-state index is 14.3. The zero-order chi connectivity index (χ0) is 40.9. The van der Waals surface area contributed by atoms with E-state index in [1.54, 1.807) is 30.0 Å². The van der Waals surface area contributed by atoms with Crippen LogP contribution in [0.1, 0.15) is 55.2 Å². The van der Waals surface area contributed by atoms with Crippen LogP contribution in [0.2, 0.25) is 0 Å². The molecule has 7 rings (SSSR count). The average Bonchev–Trinajstić information content (AvgIpc) is 3.52. The third-order valence-corrected chi connectivity index (χ3v) is 12.4. The van der Waals surface area contributed by atoms with E-state index in [2.05, 4.69) is 15.2 Å². The van der Waals surface area contributed by atoms with Crippen molar-refractivity contribution in [3.05, 3.63) is 63.6 Å². The first-order valence-corrected chi connectivity index (χ1v) is 20.5. The lowest BCUT2D eigenvalue weighted by Gasteiger charge is -2.41. The Bertz CT molecular complexity index is 2040. The van der Waals surface area contributed by atoms with Crippen LogP contribution in [0.15, 0.2) is 45.6 Å². The fraction of sp³-hybridized carbons (Fsp3) is 0.571. The second-order valence-electron chi connectivity index (χ2n) is 16.4. The smallest absolute Gasteiger partial charge is 0.417 e. The van der Waals surface area contributed by atoms with Gasteiger partial charge in [0, 0.05) is 65.0 Å². The van der Waals surface area contributed by atoms with E-state index in [4.69, 9.17) is 13.9 Å². The number of likely N-dealkylation sites (N-methyl/N-ethyl adjacent to an activating group) is 1. The Hall–Kier alpha value is -5.38. The predicted molar refractivity (Wildman–Crippen MR) is 214 cm³/mol. The van der Waals surface area contributed by atoms with Gasteiger partial charge in [0.25, 0.3) is 11.8 Å². The minimum Gasteiger partial charge on any atom is -0.455 e. The summed E-state index contributed by atoms with van der Waals surface area (Å²) in [7, 11) is 3.24. The Morgan fingerprint density at radius 1 is 0.879 bits per heavy atom. The quantitative estimate of drug-likeness (QED) is 0.288. The first-order chi connectivity index (χ1) is 27.9. The molecule has 1 atom stereocenters. The number of likely N-dealkylation sites (tertiary alicyclic amines) is 3. The average molecular weight is 802 g/mol. The first-order valence-electron chi connectivity index (χ1n) is 20.5. The lowest BCUT2D eigenvalue weighted by Crippen LogP contribution is -2.52. The largest absolute Gasteiger partial charge is 0.455 e. The van der Waals surface area contributed by atoms with E-state index in [0.29, 0.717) is 74.1 Å². The molecule has 5 heterocycles. The molecule has 2 N–H and O–H groups in total. The number of carbonyl (C=O) groups excluding carboxylic acids is 5. The molecule has 0 bridgehead atoms. The molecule has 16 nitrogen and oxygen atoms in total. The number of carbonyl (C=O) groups is 5. The minimum absolute atomic E-state index is 0.0310. The van der Waals surface area contributed by atoms with Crippen molar-refractivity contribution in [1.82, 2.24) is 29.5 Å². The molecule has 0 unspecified atom stereocenters. The molecule has 0 aliphatic carbocycles. The van der Waals surface area contributed by atoms with E-state index in [9.17, 15) is 28.8 Å². The summed E-state index contributed by atoms with van der Waals surface area (Å²) in [5.74, 6) is -0.575. The van der Waals surface area contributed by atoms with Gasteiger partial charge >= 0.3 is 23.8 Å². The normalized spacial score (nSPS) is 19.3. The van der Waals surface area contributed by atoms with Crippen LogP contribution in [0, 0.1) is 18.8 Å². The highest BCUT2D eigenvalue weighted by Gasteiger charge is 2.37. The maximum Gasteiger partial charge on any atom is 0.417 e. The number of piperidine rings is 3. The van der Waals surface area contributed by atoms with E-state index >= 15 is 0 Å². The fourth-order valence-electron chi connectivity index (χ4n) is 8.98. The van der Waals surface area contributed by atoms with Crippen molar-refractivity contribution >= 4 is 46.7 Å². The number of esters is 1. The summed E-state index contributed by atoms with van der Waals surface area (Å²) in [5, 5.41) is 3.04. The number of benzene rings is 2. The van der Waals surface area contributed by atoms with Crippen LogP contribution in [0.4, 0.5) is 15.3 Å². The number of hydrogen-bond acceptors (Lipinski definition) is 10. The van der Waals surface area contributed by atoms with Crippen LogP contribution < -0.4 is 11.1 Å². The number of ether oxygens (including phenoxy) is 2. The molecule has 0 saturated carbocycles. The summed E-state index contributed by atoms with van der Waals surface area (Å²) in [6, 6.07) is 11.2. The summed E-state index contributed by atoms with van der Waals surface area (Å²) in [6.07, 6.45) is 3.92. The molecule has 4 aliphatic rings. The number of anilines is 1. The Balaban J connectivity index is 0.943. The second kappa shape index (κ2) is 18.0. The molecular weight excluding hydrogens is 747 g/mol. The van der Waals surface area contributed by atoms with Crippen LogP contribution >= 0.6 is 0 Å². The fourth-order valence-corrected chi connectivity index (χ4v) is 8.98. The van der Waals surface area contributed by atoms with Gasteiger partial charge in [0.05, 0.1) is 12.1 Å². The number of aromatic amines is 1. The Labute approximate surface area is 337 Å². The van der Waals surface area contributed by atoms with Gasteiger partial charge in [-0.1, -0.05) is 24.3 Å². The summed E-state index contributed by atoms with van der Waals surface area (Å²) in [5.41, 5.74) is 4.38. The topological polar surface area (TPSA) is 178 Å². The van der Waals surface area contributed by atoms with Crippen LogP contribution in [-0.4, -0.2) is 145 Å². The highest BCUT2D eigenvalue weighted by molar-refractivity contribution is 5.91. The summed E-state index contributed by atoms with van der Waals surface area (Å²) < 4.78 is 16.6. The number of H-pyrrole nitrogens is 1. The first kappa shape index (κ1) is 40.8. The molecule has 0 radical (unpaired) electrons. The van der Waals surface area contributed by atoms with Crippen molar-refractivity contribution < 1.29 is 37.9 Å². The third-order valence-electron chi connectivity index (χ3n) is 12.4. The second-order valence-corrected chi connectivity index (χ2v) is 16.4. The highest BCUT2D eigenvalue weighted by Crippen LogP contribution is 2.33. The van der Waals surface area contributed by atoms with Gasteiger partial charge in [0.15, 0.2) is 18.3 Å². The van der Waals surface area contributed by atoms with Crippen LogP contribution in [0.5, 0.6) is 0 Å². The maximum absolute atomic E-state index is 14.3. The van der Waals surface area contributed by atoms with Gasteiger partial charge in [-0.15, -0.1) is 0 Å². The van der Waals surface area contributed by atoms with E-state index in [0.717, 1.165) is 62.0 Å². The number of para-hydroxylation sites is 1. The SMILES string of the molecule is Cc1cc(C[C@@H](OC(=O)N2CCC(N3CCc4ccccc4NC3=O)CC2)C(=O)N2CCC(C3CCN(CC(=O)OCC(=O)N(C)C)CC3)CC2)cc2oc(=O)[nH]c12. The molecule has 3 saturated heterocycles. The van der Waals surface area contributed by atoms with Gasteiger partial charge in [0.2, 0.25) is 0 Å². The van der Waals surface area contributed by atoms with Gasteiger partial charge in [-0.2, -0.15) is 0 Å². The summed E-state index contributed by atoms with van der Waals surface area (Å²) >= 11 is 0. The molecule has 3 aromatic rings. The summed E-state index contributed by atoms with van der Waals surface area (Å²) in [4.78, 5) is 88.7. The van der Waals surface area contributed by atoms with Gasteiger partial charge in [-0.25, -0.2) is 14.4 Å². The molecule has 16 heteroatoms. The van der Waals surface area contributed by atoms with Crippen molar-refractivity contribution in [2.24, 2.45) is 11.8 Å². The molecule has 58 heavy (non-hydrogen) atoms. The summed E-state index contributed by atoms with van der Waals surface area (Å²) in [6.45, 7) is 5.74. The lowest BCUT2D eigenvalue weighted by molar-refractivity contribution is -0.152. The predicted octanol–water partition coefficient (Wildman–Crippen LogP) is 3.61. The molecule has 5 amide bonds. The Morgan fingerprint density at radius 2 is 1.55 bits per heavy atom. The number of rotatable bonds is 10. The third kappa shape index (κ3) is 9.65.